The predicted molar refractivity (Wildman–Crippen MR) is 79.2 cm³/mol. The molecule has 0 aliphatic carbocycles. The summed E-state index contributed by atoms with van der Waals surface area (Å²) < 4.78 is 77.1. The number of nitrogens with one attached hydrogen (secondary N) is 1. The number of urea groups is 1. The van der Waals surface area contributed by atoms with Gasteiger partial charge in [0.05, 0.1) is 0 Å². The molecule has 0 fully saturated rings. The molecule has 0 unspecified atom stereocenters. The topological polar surface area (TPSA) is 52.6 Å². The second-order valence-electron chi connectivity index (χ2n) is 5.24. The second kappa shape index (κ2) is 7.51. The van der Waals surface area contributed by atoms with E-state index in [1.165, 1.54) is 4.90 Å². The Hall–Kier alpha value is -1.97. The smallest absolute Gasteiger partial charge is 0.369 e. The molecule has 2 N–H and O–H groups in total. The third-order valence-electron chi connectivity index (χ3n) is 3.44. The van der Waals surface area contributed by atoms with Gasteiger partial charge in [-0.15, -0.1) is 0 Å². The van der Waals surface area contributed by atoms with Gasteiger partial charge in [-0.1, -0.05) is 19.1 Å². The molecule has 0 radical (unpaired) electrons. The normalized spacial score (nSPS) is 12.8. The molecule has 0 atom stereocenters. The number of aliphatic hydroxyl groups is 1. The quantitative estimate of drug-likeness (QED) is 0.770. The number of anilines is 1. The van der Waals surface area contributed by atoms with E-state index in [4.69, 9.17) is 0 Å². The van der Waals surface area contributed by atoms with Crippen LogP contribution in [0.5, 0.6) is 0 Å². The first-order chi connectivity index (χ1) is 11.4. The molecule has 142 valence electrons. The fraction of sp³-hybridized carbons (Fsp3) is 0.533. The van der Waals surface area contributed by atoms with Crippen LogP contribution in [0, 0.1) is 0 Å². The highest BCUT2D eigenvalue weighted by molar-refractivity contribution is 5.91. The molecule has 0 heterocycles. The van der Waals surface area contributed by atoms with E-state index >= 15 is 0 Å². The minimum Gasteiger partial charge on any atom is -0.369 e. The number of nitrogens with zero attached hydrogens (tertiary/aromatic N) is 1. The molecule has 0 aliphatic rings. The van der Waals surface area contributed by atoms with Crippen LogP contribution in [-0.4, -0.2) is 36.6 Å². The lowest BCUT2D eigenvalue weighted by atomic mass is 9.92. The van der Waals surface area contributed by atoms with Crippen molar-refractivity contribution in [2.45, 2.75) is 38.2 Å². The Labute approximate surface area is 140 Å². The van der Waals surface area contributed by atoms with Crippen LogP contribution >= 0.6 is 0 Å². The Kier molecular flexibility index (Phi) is 6.33. The molecule has 0 saturated heterocycles. The minimum atomic E-state index is -5.95. The van der Waals surface area contributed by atoms with Gasteiger partial charge in [0.2, 0.25) is 0 Å². The summed E-state index contributed by atoms with van der Waals surface area (Å²) in [5.41, 5.74) is -6.24. The lowest BCUT2D eigenvalue weighted by molar-refractivity contribution is -0.376. The molecule has 0 spiro atoms. The lowest BCUT2D eigenvalue weighted by Crippen LogP contribution is -2.53. The fourth-order valence-corrected chi connectivity index (χ4v) is 2.19. The standard InChI is InChI=1S/C15H18F6N2O2/c1-3-9-23(12(24)22-4-2)11-7-5-10(6-8-11)13(25,14(16,17)18)15(19,20)21/h5-8,25H,3-4,9H2,1-2H3,(H,22,24). The SMILES string of the molecule is CCCN(C(=O)NCC)c1ccc(C(O)(C(F)(F)F)C(F)(F)F)cc1. The number of halogens is 6. The number of rotatable bonds is 5. The lowest BCUT2D eigenvalue weighted by Gasteiger charge is -2.33. The third kappa shape index (κ3) is 4.17. The van der Waals surface area contributed by atoms with Crippen molar-refractivity contribution in [1.82, 2.24) is 5.32 Å². The number of benzene rings is 1. The maximum absolute atomic E-state index is 12.8. The van der Waals surface area contributed by atoms with Crippen LogP contribution in [0.3, 0.4) is 0 Å². The molecular formula is C15H18F6N2O2. The summed E-state index contributed by atoms with van der Waals surface area (Å²) in [6, 6.07) is 2.36. The van der Waals surface area contributed by atoms with Gasteiger partial charge < -0.3 is 10.4 Å². The van der Waals surface area contributed by atoms with Crippen molar-refractivity contribution >= 4 is 11.7 Å². The number of amides is 2. The van der Waals surface area contributed by atoms with Gasteiger partial charge in [-0.05, 0) is 25.5 Å². The van der Waals surface area contributed by atoms with Crippen molar-refractivity contribution in [1.29, 1.82) is 0 Å². The van der Waals surface area contributed by atoms with Crippen LogP contribution in [0.1, 0.15) is 25.8 Å². The van der Waals surface area contributed by atoms with Crippen molar-refractivity contribution < 1.29 is 36.2 Å². The molecule has 1 aromatic rings. The largest absolute Gasteiger partial charge is 0.430 e. The van der Waals surface area contributed by atoms with E-state index in [1.807, 2.05) is 0 Å². The zero-order valence-corrected chi connectivity index (χ0v) is 13.5. The highest BCUT2D eigenvalue weighted by Gasteiger charge is 2.71. The predicted octanol–water partition coefficient (Wildman–Crippen LogP) is 3.94. The van der Waals surface area contributed by atoms with Gasteiger partial charge in [-0.3, -0.25) is 4.90 Å². The van der Waals surface area contributed by atoms with Gasteiger partial charge >= 0.3 is 18.4 Å². The van der Waals surface area contributed by atoms with Gasteiger partial charge in [0, 0.05) is 24.3 Å². The van der Waals surface area contributed by atoms with E-state index in [1.54, 1.807) is 13.8 Å². The Balaban J connectivity index is 3.29. The molecule has 25 heavy (non-hydrogen) atoms. The first-order valence-electron chi connectivity index (χ1n) is 7.41. The van der Waals surface area contributed by atoms with Crippen LogP contribution < -0.4 is 10.2 Å². The molecule has 0 aromatic heterocycles. The minimum absolute atomic E-state index is 0.114. The van der Waals surface area contributed by atoms with Gasteiger partial charge in [-0.25, -0.2) is 4.79 Å². The van der Waals surface area contributed by atoms with Crippen molar-refractivity contribution in [3.8, 4) is 0 Å². The van der Waals surface area contributed by atoms with E-state index in [2.05, 4.69) is 5.32 Å². The zero-order valence-electron chi connectivity index (χ0n) is 13.5. The van der Waals surface area contributed by atoms with Crippen molar-refractivity contribution in [2.24, 2.45) is 0 Å². The van der Waals surface area contributed by atoms with Crippen molar-refractivity contribution in [3.63, 3.8) is 0 Å². The second-order valence-corrected chi connectivity index (χ2v) is 5.24. The summed E-state index contributed by atoms with van der Waals surface area (Å²) in [7, 11) is 0. The summed E-state index contributed by atoms with van der Waals surface area (Å²) in [6.45, 7) is 3.94. The average Bonchev–Trinajstić information content (AvgIpc) is 2.50. The zero-order chi connectivity index (χ0) is 19.5. The van der Waals surface area contributed by atoms with E-state index < -0.39 is 29.5 Å². The van der Waals surface area contributed by atoms with E-state index in [0.29, 0.717) is 25.1 Å². The van der Waals surface area contributed by atoms with Crippen LogP contribution in [-0.2, 0) is 5.60 Å². The summed E-state index contributed by atoms with van der Waals surface area (Å²) >= 11 is 0. The van der Waals surface area contributed by atoms with Gasteiger partial charge in [-0.2, -0.15) is 26.3 Å². The monoisotopic (exact) mass is 372 g/mol. The maximum atomic E-state index is 12.8. The Morgan fingerprint density at radius 1 is 1.04 bits per heavy atom. The third-order valence-corrected chi connectivity index (χ3v) is 3.44. The van der Waals surface area contributed by atoms with Gasteiger partial charge in [0.1, 0.15) is 0 Å². The van der Waals surface area contributed by atoms with Gasteiger partial charge in [0.25, 0.3) is 5.60 Å². The molecular weight excluding hydrogens is 354 g/mol. The maximum Gasteiger partial charge on any atom is 0.430 e. The number of alkyl halides is 6. The van der Waals surface area contributed by atoms with Crippen LogP contribution in [0.2, 0.25) is 0 Å². The summed E-state index contributed by atoms with van der Waals surface area (Å²) in [6.07, 6.45) is -11.4. The number of hydrogen-bond acceptors (Lipinski definition) is 2. The van der Waals surface area contributed by atoms with Crippen molar-refractivity contribution in [3.05, 3.63) is 29.8 Å². The molecule has 0 aliphatic heterocycles. The number of carbonyl (C=O) groups excluding carboxylic acids is 1. The highest BCUT2D eigenvalue weighted by atomic mass is 19.4. The first-order valence-corrected chi connectivity index (χ1v) is 7.41. The Bertz CT molecular complexity index is 569. The van der Waals surface area contributed by atoms with E-state index in [-0.39, 0.29) is 12.2 Å². The first kappa shape index (κ1) is 21.1. The average molecular weight is 372 g/mol. The summed E-state index contributed by atoms with van der Waals surface area (Å²) in [4.78, 5) is 13.1. The molecule has 4 nitrogen and oxygen atoms in total. The van der Waals surface area contributed by atoms with E-state index in [9.17, 15) is 36.2 Å². The Morgan fingerprint density at radius 3 is 1.88 bits per heavy atom. The molecule has 0 saturated carbocycles. The molecule has 0 bridgehead atoms. The van der Waals surface area contributed by atoms with Crippen LogP contribution in [0.15, 0.2) is 24.3 Å². The van der Waals surface area contributed by atoms with E-state index in [0.717, 1.165) is 12.1 Å². The molecule has 2 amide bonds. The number of hydrogen-bond donors (Lipinski definition) is 2. The molecule has 10 heteroatoms. The fourth-order valence-electron chi connectivity index (χ4n) is 2.19. The molecule has 1 rings (SSSR count). The highest BCUT2D eigenvalue weighted by Crippen LogP contribution is 2.50. The summed E-state index contributed by atoms with van der Waals surface area (Å²) in [5.74, 6) is 0. The Morgan fingerprint density at radius 2 is 1.52 bits per heavy atom. The van der Waals surface area contributed by atoms with Crippen LogP contribution in [0.4, 0.5) is 36.8 Å². The van der Waals surface area contributed by atoms with Crippen LogP contribution in [0.25, 0.3) is 0 Å². The number of carbonyl (C=O) groups is 1. The summed E-state index contributed by atoms with van der Waals surface area (Å²) in [5, 5.41) is 11.8. The molecule has 1 aromatic carbocycles. The van der Waals surface area contributed by atoms with Crippen molar-refractivity contribution in [2.75, 3.05) is 18.0 Å². The van der Waals surface area contributed by atoms with Gasteiger partial charge in [0.15, 0.2) is 0 Å².